The lowest BCUT2D eigenvalue weighted by Crippen LogP contribution is -2.44. The van der Waals surface area contributed by atoms with Crippen molar-refractivity contribution < 1.29 is 14.6 Å². The van der Waals surface area contributed by atoms with Crippen LogP contribution in [0.2, 0.25) is 0 Å². The highest BCUT2D eigenvalue weighted by Gasteiger charge is 2.17. The van der Waals surface area contributed by atoms with Gasteiger partial charge in [0.25, 0.3) is 0 Å². The summed E-state index contributed by atoms with van der Waals surface area (Å²) in [6, 6.07) is 6.30. The van der Waals surface area contributed by atoms with Crippen LogP contribution in [0.4, 0.5) is 0 Å². The van der Waals surface area contributed by atoms with E-state index in [0.717, 1.165) is 37.6 Å². The molecule has 2 unspecified atom stereocenters. The van der Waals surface area contributed by atoms with Gasteiger partial charge in [-0.15, -0.1) is 0 Å². The van der Waals surface area contributed by atoms with Crippen LogP contribution < -0.4 is 10.1 Å². The molecule has 0 aliphatic carbocycles. The van der Waals surface area contributed by atoms with Crippen LogP contribution >= 0.6 is 0 Å². The predicted molar refractivity (Wildman–Crippen MR) is 87.4 cm³/mol. The average Bonchev–Trinajstić information content (AvgIpc) is 2.53. The molecule has 124 valence electrons. The fraction of sp³-hybridized carbons (Fsp3) is 0.647. The fourth-order valence-electron chi connectivity index (χ4n) is 2.76. The number of benzene rings is 1. The topological polar surface area (TPSA) is 54.0 Å². The minimum Gasteiger partial charge on any atom is -0.496 e. The summed E-state index contributed by atoms with van der Waals surface area (Å²) in [5, 5.41) is 13.6. The lowest BCUT2D eigenvalue weighted by atomic mass is 10.0. The summed E-state index contributed by atoms with van der Waals surface area (Å²) in [6.07, 6.45) is -0.378. The van der Waals surface area contributed by atoms with Crippen LogP contribution in [0.1, 0.15) is 24.1 Å². The van der Waals surface area contributed by atoms with Crippen molar-refractivity contribution in [1.82, 2.24) is 10.2 Å². The maximum absolute atomic E-state index is 10.2. The Balaban J connectivity index is 1.83. The van der Waals surface area contributed by atoms with E-state index < -0.39 is 0 Å². The van der Waals surface area contributed by atoms with E-state index in [1.165, 1.54) is 5.56 Å². The second-order valence-corrected chi connectivity index (χ2v) is 5.94. The van der Waals surface area contributed by atoms with Crippen molar-refractivity contribution >= 4 is 0 Å². The maximum Gasteiger partial charge on any atom is 0.123 e. The Labute approximate surface area is 133 Å². The minimum absolute atomic E-state index is 0.134. The zero-order chi connectivity index (χ0) is 15.9. The van der Waals surface area contributed by atoms with Gasteiger partial charge >= 0.3 is 0 Å². The molecule has 0 spiro atoms. The molecule has 1 aliphatic heterocycles. The monoisotopic (exact) mass is 308 g/mol. The van der Waals surface area contributed by atoms with E-state index in [-0.39, 0.29) is 12.1 Å². The summed E-state index contributed by atoms with van der Waals surface area (Å²) < 4.78 is 10.7. The molecule has 2 atom stereocenters. The Morgan fingerprint density at radius 1 is 1.36 bits per heavy atom. The summed E-state index contributed by atoms with van der Waals surface area (Å²) in [4.78, 5) is 2.24. The van der Waals surface area contributed by atoms with E-state index in [1.54, 1.807) is 7.11 Å². The number of β-amino-alcohol motifs (C(OH)–C–C–N with tert-alkyl or cyclic N) is 1. The molecule has 0 amide bonds. The first-order valence-electron chi connectivity index (χ1n) is 7.96. The third-order valence-electron chi connectivity index (χ3n) is 4.08. The average molecular weight is 308 g/mol. The molecule has 1 aliphatic rings. The Hall–Kier alpha value is -1.14. The molecule has 0 saturated carbocycles. The molecule has 22 heavy (non-hydrogen) atoms. The normalized spacial score (nSPS) is 18.9. The van der Waals surface area contributed by atoms with Crippen LogP contribution in [0.3, 0.4) is 0 Å². The molecular weight excluding hydrogens is 280 g/mol. The van der Waals surface area contributed by atoms with Crippen molar-refractivity contribution in [3.05, 3.63) is 29.3 Å². The molecule has 1 heterocycles. The number of hydrogen-bond acceptors (Lipinski definition) is 5. The first kappa shape index (κ1) is 17.2. The molecule has 2 N–H and O–H groups in total. The number of aliphatic hydroxyl groups is 1. The molecule has 1 aromatic rings. The van der Waals surface area contributed by atoms with Crippen LogP contribution in [0, 0.1) is 6.92 Å². The summed E-state index contributed by atoms with van der Waals surface area (Å²) in [6.45, 7) is 8.75. The van der Waals surface area contributed by atoms with E-state index in [0.29, 0.717) is 13.1 Å². The molecule has 1 saturated heterocycles. The standard InChI is InChI=1S/C17H28N2O3/c1-13-4-5-17(21-3)16(10-13)14(2)18-11-15(20)12-19-6-8-22-9-7-19/h4-5,10,14-15,18,20H,6-9,11-12H2,1-3H3. The van der Waals surface area contributed by atoms with Gasteiger partial charge in [-0.2, -0.15) is 0 Å². The number of methoxy groups -OCH3 is 1. The molecule has 1 aromatic carbocycles. The van der Waals surface area contributed by atoms with Gasteiger partial charge in [-0.3, -0.25) is 4.90 Å². The second-order valence-electron chi connectivity index (χ2n) is 5.94. The van der Waals surface area contributed by atoms with Gasteiger partial charge in [0.15, 0.2) is 0 Å². The van der Waals surface area contributed by atoms with Crippen LogP contribution in [0.5, 0.6) is 5.75 Å². The number of ether oxygens (including phenoxy) is 2. The lowest BCUT2D eigenvalue weighted by molar-refractivity contribution is 0.0145. The quantitative estimate of drug-likeness (QED) is 0.796. The summed E-state index contributed by atoms with van der Waals surface area (Å²) >= 11 is 0. The van der Waals surface area contributed by atoms with E-state index in [2.05, 4.69) is 30.1 Å². The summed E-state index contributed by atoms with van der Waals surface area (Å²) in [5.74, 6) is 0.883. The molecule has 0 radical (unpaired) electrons. The van der Waals surface area contributed by atoms with Crippen molar-refractivity contribution in [1.29, 1.82) is 0 Å². The second kappa shape index (κ2) is 8.48. The Morgan fingerprint density at radius 3 is 2.77 bits per heavy atom. The first-order chi connectivity index (χ1) is 10.6. The minimum atomic E-state index is -0.378. The first-order valence-corrected chi connectivity index (χ1v) is 7.96. The van der Waals surface area contributed by atoms with Crippen LogP contribution in [-0.2, 0) is 4.74 Å². The molecule has 1 fully saturated rings. The van der Waals surface area contributed by atoms with E-state index >= 15 is 0 Å². The molecule has 2 rings (SSSR count). The van der Waals surface area contributed by atoms with Crippen LogP contribution in [-0.4, -0.2) is 62.6 Å². The van der Waals surface area contributed by atoms with Crippen molar-refractivity contribution in [3.8, 4) is 5.75 Å². The number of hydrogen-bond donors (Lipinski definition) is 2. The van der Waals surface area contributed by atoms with E-state index in [1.807, 2.05) is 12.1 Å². The zero-order valence-corrected chi connectivity index (χ0v) is 13.8. The fourth-order valence-corrected chi connectivity index (χ4v) is 2.76. The van der Waals surface area contributed by atoms with Crippen molar-refractivity contribution in [3.63, 3.8) is 0 Å². The van der Waals surface area contributed by atoms with Gasteiger partial charge in [0, 0.05) is 37.8 Å². The van der Waals surface area contributed by atoms with Gasteiger partial charge in [-0.25, -0.2) is 0 Å². The van der Waals surface area contributed by atoms with Crippen LogP contribution in [0.15, 0.2) is 18.2 Å². The summed E-state index contributed by atoms with van der Waals surface area (Å²) in [5.41, 5.74) is 2.33. The highest BCUT2D eigenvalue weighted by atomic mass is 16.5. The smallest absolute Gasteiger partial charge is 0.123 e. The lowest BCUT2D eigenvalue weighted by Gasteiger charge is -2.29. The number of rotatable bonds is 7. The predicted octanol–water partition coefficient (Wildman–Crippen LogP) is 1.35. The molecule has 0 aromatic heterocycles. The highest BCUT2D eigenvalue weighted by molar-refractivity contribution is 5.38. The number of nitrogens with zero attached hydrogens (tertiary/aromatic N) is 1. The van der Waals surface area contributed by atoms with Gasteiger partial charge in [-0.1, -0.05) is 17.7 Å². The van der Waals surface area contributed by atoms with E-state index in [9.17, 15) is 5.11 Å². The Kier molecular flexibility index (Phi) is 6.64. The van der Waals surface area contributed by atoms with Gasteiger partial charge < -0.3 is 19.9 Å². The van der Waals surface area contributed by atoms with Gasteiger partial charge in [0.2, 0.25) is 0 Å². The van der Waals surface area contributed by atoms with Gasteiger partial charge in [0.1, 0.15) is 5.75 Å². The zero-order valence-electron chi connectivity index (χ0n) is 13.8. The molecular formula is C17H28N2O3. The number of aliphatic hydroxyl groups excluding tert-OH is 1. The number of morpholine rings is 1. The van der Waals surface area contributed by atoms with Crippen molar-refractivity contribution in [2.45, 2.75) is 26.0 Å². The third kappa shape index (κ3) is 4.95. The van der Waals surface area contributed by atoms with Crippen molar-refractivity contribution in [2.75, 3.05) is 46.5 Å². The van der Waals surface area contributed by atoms with Gasteiger partial charge in [0.05, 0.1) is 26.4 Å². The number of nitrogens with one attached hydrogen (secondary N) is 1. The largest absolute Gasteiger partial charge is 0.496 e. The van der Waals surface area contributed by atoms with Gasteiger partial charge in [-0.05, 0) is 19.9 Å². The maximum atomic E-state index is 10.2. The van der Waals surface area contributed by atoms with E-state index in [4.69, 9.17) is 9.47 Å². The molecule has 5 heteroatoms. The Morgan fingerprint density at radius 2 is 2.09 bits per heavy atom. The number of aryl methyl sites for hydroxylation is 1. The molecule has 5 nitrogen and oxygen atoms in total. The van der Waals surface area contributed by atoms with Crippen molar-refractivity contribution in [2.24, 2.45) is 0 Å². The molecule has 0 bridgehead atoms. The SMILES string of the molecule is COc1ccc(C)cc1C(C)NCC(O)CN1CCOCC1. The Bertz CT molecular complexity index is 461. The summed E-state index contributed by atoms with van der Waals surface area (Å²) in [7, 11) is 1.69. The van der Waals surface area contributed by atoms with Crippen LogP contribution in [0.25, 0.3) is 0 Å². The third-order valence-corrected chi connectivity index (χ3v) is 4.08. The highest BCUT2D eigenvalue weighted by Crippen LogP contribution is 2.25.